The van der Waals surface area contributed by atoms with Crippen LogP contribution in [0.5, 0.6) is 0 Å². The third kappa shape index (κ3) is 8.80. The number of rotatable bonds is 16. The molecule has 0 fully saturated rings. The van der Waals surface area contributed by atoms with Crippen molar-refractivity contribution in [1.29, 1.82) is 0 Å². The van der Waals surface area contributed by atoms with E-state index in [1.165, 1.54) is 12.1 Å². The average molecular weight is 821 g/mol. The molecule has 0 aliphatic heterocycles. The molecule has 2 atom stereocenters. The Morgan fingerprint density at radius 3 is 1.18 bits per heavy atom. The van der Waals surface area contributed by atoms with E-state index in [4.69, 9.17) is 18.3 Å². The molecule has 2 aromatic heterocycles. The van der Waals surface area contributed by atoms with Crippen molar-refractivity contribution in [2.24, 2.45) is 0 Å². The number of carbonyl (C=O) groups is 1. The summed E-state index contributed by atoms with van der Waals surface area (Å²) in [5, 5.41) is 43.6. The third-order valence-corrected chi connectivity index (χ3v) is 11.0. The minimum Gasteiger partial charge on any atom is -0.423 e. The quantitative estimate of drug-likeness (QED) is 0.0568. The van der Waals surface area contributed by atoms with E-state index in [0.29, 0.717) is 59.2 Å². The highest BCUT2D eigenvalue weighted by Crippen LogP contribution is 2.40. The van der Waals surface area contributed by atoms with E-state index < -0.39 is 56.0 Å². The maximum atomic E-state index is 14.7. The van der Waals surface area contributed by atoms with E-state index >= 15 is 0 Å². The zero-order valence-corrected chi connectivity index (χ0v) is 34.8. The summed E-state index contributed by atoms with van der Waals surface area (Å²) in [5.74, 6) is 0. The Morgan fingerprint density at radius 2 is 0.883 bits per heavy atom. The van der Waals surface area contributed by atoms with Crippen molar-refractivity contribution < 1.29 is 43.5 Å². The van der Waals surface area contributed by atoms with Gasteiger partial charge in [0, 0.05) is 94.8 Å². The van der Waals surface area contributed by atoms with Gasteiger partial charge in [-0.25, -0.2) is 14.4 Å². The molecule has 2 unspecified atom stereocenters. The molecule has 13 nitrogen and oxygen atoms in total. The molecule has 13 heteroatoms. The summed E-state index contributed by atoms with van der Waals surface area (Å²) >= 11 is 0. The zero-order valence-electron chi connectivity index (χ0n) is 34.8. The molecule has 0 saturated carbocycles. The molecule has 0 amide bonds. The van der Waals surface area contributed by atoms with Crippen LogP contribution in [-0.2, 0) is 35.9 Å². The van der Waals surface area contributed by atoms with Crippen LogP contribution in [0.15, 0.2) is 91.2 Å². The number of aliphatic hydroxyl groups is 4. The number of nitrogens with zero attached hydrogens (tertiary/aromatic N) is 2. The average Bonchev–Trinajstić information content (AvgIpc) is 3.24. The number of hydrogen-bond acceptors (Lipinski definition) is 13. The van der Waals surface area contributed by atoms with Crippen LogP contribution >= 0.6 is 0 Å². The van der Waals surface area contributed by atoms with E-state index in [1.807, 2.05) is 39.8 Å². The molecule has 4 aromatic carbocycles. The van der Waals surface area contributed by atoms with E-state index in [0.717, 1.165) is 22.5 Å². The van der Waals surface area contributed by atoms with Gasteiger partial charge in [0.05, 0.1) is 26.4 Å². The lowest BCUT2D eigenvalue weighted by Gasteiger charge is -2.28. The Kier molecular flexibility index (Phi) is 13.8. The molecule has 60 heavy (non-hydrogen) atoms. The monoisotopic (exact) mass is 820 g/mol. The van der Waals surface area contributed by atoms with Crippen molar-refractivity contribution in [1.82, 2.24) is 0 Å². The summed E-state index contributed by atoms with van der Waals surface area (Å²) in [4.78, 5) is 45.5. The summed E-state index contributed by atoms with van der Waals surface area (Å²) in [6, 6.07) is 19.9. The molecular formula is C47H52N2O11. The lowest BCUT2D eigenvalue weighted by molar-refractivity contribution is 0.0153. The van der Waals surface area contributed by atoms with Crippen molar-refractivity contribution in [3.8, 4) is 0 Å². The molecule has 0 saturated heterocycles. The number of anilines is 2. The second-order valence-corrected chi connectivity index (χ2v) is 14.6. The van der Waals surface area contributed by atoms with Gasteiger partial charge >= 0.3 is 17.4 Å². The van der Waals surface area contributed by atoms with Gasteiger partial charge in [-0.2, -0.15) is 0 Å². The molecule has 4 N–H and O–H groups in total. The van der Waals surface area contributed by atoms with Crippen LogP contribution < -0.4 is 21.1 Å². The first-order valence-corrected chi connectivity index (χ1v) is 20.1. The van der Waals surface area contributed by atoms with Gasteiger partial charge in [-0.3, -0.25) is 0 Å². The van der Waals surface area contributed by atoms with Crippen molar-refractivity contribution >= 4 is 39.5 Å². The molecule has 6 aromatic rings. The van der Waals surface area contributed by atoms with Crippen LogP contribution in [0, 0.1) is 13.8 Å². The van der Waals surface area contributed by atoms with E-state index in [2.05, 4.69) is 9.80 Å². The lowest BCUT2D eigenvalue weighted by Crippen LogP contribution is -2.23. The minimum atomic E-state index is -1.45. The second-order valence-electron chi connectivity index (χ2n) is 14.6. The highest BCUT2D eigenvalue weighted by atomic mass is 16.7. The Morgan fingerprint density at radius 1 is 0.550 bits per heavy atom. The van der Waals surface area contributed by atoms with Gasteiger partial charge in [0.2, 0.25) is 0 Å². The van der Waals surface area contributed by atoms with E-state index in [1.54, 1.807) is 62.4 Å². The van der Waals surface area contributed by atoms with Crippen molar-refractivity contribution in [3.63, 3.8) is 0 Å². The number of carbonyl (C=O) groups excluding carboxylic acids is 1. The Labute approximate surface area is 347 Å². The van der Waals surface area contributed by atoms with Gasteiger partial charge in [-0.1, -0.05) is 35.4 Å². The topological polar surface area (TPSA) is 183 Å². The van der Waals surface area contributed by atoms with Crippen LogP contribution in [-0.4, -0.2) is 52.8 Å². The summed E-state index contributed by atoms with van der Waals surface area (Å²) < 4.78 is 24.0. The molecule has 0 spiro atoms. The van der Waals surface area contributed by atoms with Gasteiger partial charge in [0.15, 0.2) is 12.2 Å². The van der Waals surface area contributed by atoms with Crippen LogP contribution in [0.3, 0.4) is 0 Å². The van der Waals surface area contributed by atoms with Gasteiger partial charge < -0.3 is 48.5 Å². The molecule has 0 bridgehead atoms. The maximum absolute atomic E-state index is 14.7. The van der Waals surface area contributed by atoms with Crippen LogP contribution in [0.4, 0.5) is 16.2 Å². The van der Waals surface area contributed by atoms with E-state index in [-0.39, 0.29) is 33.4 Å². The fraction of sp³-hybridized carbons (Fsp3) is 0.340. The van der Waals surface area contributed by atoms with Crippen molar-refractivity contribution in [2.75, 3.05) is 36.0 Å². The van der Waals surface area contributed by atoms with Gasteiger partial charge in [-0.05, 0) is 88.1 Å². The number of benzene rings is 4. The van der Waals surface area contributed by atoms with Crippen LogP contribution in [0.25, 0.3) is 21.9 Å². The largest absolute Gasteiger partial charge is 0.510 e. The molecule has 0 aliphatic rings. The highest BCUT2D eigenvalue weighted by Gasteiger charge is 2.33. The first-order valence-electron chi connectivity index (χ1n) is 20.1. The van der Waals surface area contributed by atoms with Gasteiger partial charge in [0.1, 0.15) is 11.2 Å². The van der Waals surface area contributed by atoms with Crippen LogP contribution in [0.1, 0.15) is 95.5 Å². The summed E-state index contributed by atoms with van der Waals surface area (Å²) in [7, 11) is 0. The number of hydrogen-bond donors (Lipinski definition) is 4. The number of aliphatic hydroxyl groups excluding tert-OH is 4. The fourth-order valence-corrected chi connectivity index (χ4v) is 8.24. The van der Waals surface area contributed by atoms with Gasteiger partial charge in [0.25, 0.3) is 0 Å². The normalized spacial score (nSPS) is 12.4. The Hall–Kier alpha value is -5.99. The Bertz CT molecular complexity index is 2400. The lowest BCUT2D eigenvalue weighted by atomic mass is 9.89. The van der Waals surface area contributed by atoms with E-state index in [9.17, 15) is 34.8 Å². The molecule has 6 rings (SSSR count). The van der Waals surface area contributed by atoms with Crippen molar-refractivity contribution in [3.05, 3.63) is 149 Å². The fourth-order valence-electron chi connectivity index (χ4n) is 8.24. The molecule has 2 heterocycles. The summed E-state index contributed by atoms with van der Waals surface area (Å²) in [6.45, 7) is 12.4. The molecule has 316 valence electrons. The standard InChI is InChI=1S/C47H52N2O11/c1-7-48(8-2)33-11-13-35-37(21-41(54)57-39(35)19-33)45(43-29(23-50)15-27(5)16-30(43)24-51)59-47(56)60-46(44-31(25-52)17-28(6)18-32(44)26-53)38-22-42(55)58-40-20-34(12-14-36(38)40)49(9-3)10-4/h11-22,45-46,50-53H,7-10,23-26H2,1-6H3. The molecule has 0 radical (unpaired) electrons. The molecular weight excluding hydrogens is 769 g/mol. The first kappa shape index (κ1) is 43.6. The predicted molar refractivity (Wildman–Crippen MR) is 229 cm³/mol. The van der Waals surface area contributed by atoms with Crippen molar-refractivity contribution in [2.45, 2.75) is 80.2 Å². The minimum absolute atomic E-state index is 0.200. The summed E-state index contributed by atoms with van der Waals surface area (Å²) in [5.41, 5.74) is 4.20. The molecule has 0 aliphatic carbocycles. The number of fused-ring (bicyclic) bond motifs is 2. The Balaban J connectivity index is 1.58. The first-order chi connectivity index (χ1) is 28.9. The zero-order chi connectivity index (χ0) is 43.2. The maximum Gasteiger partial charge on any atom is 0.510 e. The van der Waals surface area contributed by atoms with Crippen LogP contribution in [0.2, 0.25) is 0 Å². The number of ether oxygens (including phenoxy) is 2. The highest BCUT2D eigenvalue weighted by molar-refractivity contribution is 5.86. The predicted octanol–water partition coefficient (Wildman–Crippen LogP) is 7.21. The number of aryl methyl sites for hydroxylation is 2. The summed E-state index contributed by atoms with van der Waals surface area (Å²) in [6.07, 6.45) is -4.17. The SMILES string of the molecule is CCN(CC)c1ccc2c(C(OC(=O)OC(c3c(CO)cc(C)cc3CO)c3cc(=O)oc4cc(N(CC)CC)ccc34)c3c(CO)cc(C)cc3CO)cc(=O)oc2c1. The second kappa shape index (κ2) is 18.9. The van der Waals surface area contributed by atoms with Gasteiger partial charge in [-0.15, -0.1) is 0 Å². The third-order valence-electron chi connectivity index (χ3n) is 11.0. The smallest absolute Gasteiger partial charge is 0.423 e.